The third-order valence-corrected chi connectivity index (χ3v) is 3.40. The van der Waals surface area contributed by atoms with Crippen LogP contribution in [0.2, 0.25) is 0 Å². The lowest BCUT2D eigenvalue weighted by atomic mass is 10.1. The molecule has 0 amide bonds. The zero-order chi connectivity index (χ0) is 10.0. The van der Waals surface area contributed by atoms with Crippen LogP contribution in [0, 0.1) is 9.39 Å². The van der Waals surface area contributed by atoms with Crippen molar-refractivity contribution in [3.63, 3.8) is 0 Å². The summed E-state index contributed by atoms with van der Waals surface area (Å²) >= 11 is 5.16. The topological polar surface area (TPSA) is 17.1 Å². The Bertz CT molecular complexity index is 340. The minimum atomic E-state index is -0.538. The van der Waals surface area contributed by atoms with Gasteiger partial charge in [-0.2, -0.15) is 0 Å². The van der Waals surface area contributed by atoms with E-state index in [2.05, 4.69) is 15.9 Å². The summed E-state index contributed by atoms with van der Waals surface area (Å²) in [6.45, 7) is 1.43. The number of hydrogen-bond acceptors (Lipinski definition) is 1. The van der Waals surface area contributed by atoms with Crippen molar-refractivity contribution in [1.82, 2.24) is 0 Å². The fourth-order valence-corrected chi connectivity index (χ4v) is 1.75. The standard InChI is InChI=1S/C9H7BrFIO/c1-5(13)9(10)7-3-2-6(12)4-8(7)11/h2-4,9H,1H3. The Kier molecular flexibility index (Phi) is 3.85. The Hall–Kier alpha value is 0.0300. The summed E-state index contributed by atoms with van der Waals surface area (Å²) in [6, 6.07) is 4.81. The highest BCUT2D eigenvalue weighted by Crippen LogP contribution is 2.26. The van der Waals surface area contributed by atoms with Gasteiger partial charge in [-0.3, -0.25) is 4.79 Å². The first-order valence-corrected chi connectivity index (χ1v) is 5.61. The second kappa shape index (κ2) is 4.50. The van der Waals surface area contributed by atoms with Crippen LogP contribution in [0.1, 0.15) is 17.3 Å². The van der Waals surface area contributed by atoms with E-state index < -0.39 is 4.83 Å². The first-order valence-electron chi connectivity index (χ1n) is 3.62. The van der Waals surface area contributed by atoms with E-state index in [0.717, 1.165) is 3.57 Å². The average Bonchev–Trinajstić information content (AvgIpc) is 2.03. The van der Waals surface area contributed by atoms with E-state index in [4.69, 9.17) is 0 Å². The summed E-state index contributed by atoms with van der Waals surface area (Å²) in [7, 11) is 0. The van der Waals surface area contributed by atoms with E-state index in [1.165, 1.54) is 13.0 Å². The summed E-state index contributed by atoms with van der Waals surface area (Å²) in [5, 5.41) is 0. The molecule has 0 heterocycles. The molecule has 1 nitrogen and oxygen atoms in total. The number of carbonyl (C=O) groups is 1. The molecule has 0 spiro atoms. The van der Waals surface area contributed by atoms with Gasteiger partial charge in [0.05, 0.1) is 0 Å². The van der Waals surface area contributed by atoms with Gasteiger partial charge in [-0.15, -0.1) is 0 Å². The maximum atomic E-state index is 13.3. The molecule has 0 aromatic heterocycles. The van der Waals surface area contributed by atoms with E-state index in [1.54, 1.807) is 12.1 Å². The van der Waals surface area contributed by atoms with Crippen LogP contribution in [0.4, 0.5) is 4.39 Å². The summed E-state index contributed by atoms with van der Waals surface area (Å²) in [6.07, 6.45) is 0. The molecule has 0 bridgehead atoms. The number of benzene rings is 1. The second-order valence-electron chi connectivity index (χ2n) is 2.64. The monoisotopic (exact) mass is 356 g/mol. The molecule has 0 aliphatic carbocycles. The molecule has 0 aliphatic rings. The van der Waals surface area contributed by atoms with Gasteiger partial charge < -0.3 is 0 Å². The van der Waals surface area contributed by atoms with Gasteiger partial charge in [-0.1, -0.05) is 22.0 Å². The van der Waals surface area contributed by atoms with Crippen LogP contribution < -0.4 is 0 Å². The smallest absolute Gasteiger partial charge is 0.147 e. The number of rotatable bonds is 2. The SMILES string of the molecule is CC(=O)C(Br)c1ccc(I)cc1F. The molecule has 70 valence electrons. The van der Waals surface area contributed by atoms with Gasteiger partial charge in [0.1, 0.15) is 16.4 Å². The first-order chi connectivity index (χ1) is 6.02. The summed E-state index contributed by atoms with van der Waals surface area (Å²) in [5.74, 6) is -0.441. The fourth-order valence-electron chi connectivity index (χ4n) is 0.926. The van der Waals surface area contributed by atoms with Gasteiger partial charge in [-0.25, -0.2) is 4.39 Å². The number of hydrogen-bond donors (Lipinski definition) is 0. The van der Waals surface area contributed by atoms with Crippen LogP contribution in [-0.2, 0) is 4.79 Å². The van der Waals surface area contributed by atoms with Gasteiger partial charge in [0.25, 0.3) is 0 Å². The molecule has 4 heteroatoms. The van der Waals surface area contributed by atoms with Crippen molar-refractivity contribution in [2.75, 3.05) is 0 Å². The van der Waals surface area contributed by atoms with Gasteiger partial charge in [0.2, 0.25) is 0 Å². The van der Waals surface area contributed by atoms with Crippen molar-refractivity contribution in [1.29, 1.82) is 0 Å². The summed E-state index contributed by atoms with van der Waals surface area (Å²) < 4.78 is 14.1. The second-order valence-corrected chi connectivity index (χ2v) is 4.80. The zero-order valence-corrected chi connectivity index (χ0v) is 10.6. The first kappa shape index (κ1) is 11.1. The molecule has 0 saturated carbocycles. The number of ketones is 1. The molecule has 0 fully saturated rings. The third-order valence-electron chi connectivity index (χ3n) is 1.59. The lowest BCUT2D eigenvalue weighted by Crippen LogP contribution is -2.03. The highest BCUT2D eigenvalue weighted by molar-refractivity contribution is 14.1. The van der Waals surface area contributed by atoms with Gasteiger partial charge in [0, 0.05) is 9.13 Å². The van der Waals surface area contributed by atoms with Crippen LogP contribution >= 0.6 is 38.5 Å². The van der Waals surface area contributed by atoms with Crippen LogP contribution in [0.25, 0.3) is 0 Å². The van der Waals surface area contributed by atoms with E-state index in [9.17, 15) is 9.18 Å². The molecule has 0 saturated heterocycles. The third kappa shape index (κ3) is 2.74. The molecule has 0 radical (unpaired) electrons. The number of halogens is 3. The van der Waals surface area contributed by atoms with E-state index in [-0.39, 0.29) is 11.6 Å². The Morgan fingerprint density at radius 1 is 1.62 bits per heavy atom. The molecule has 1 aromatic rings. The van der Waals surface area contributed by atoms with Crippen molar-refractivity contribution >= 4 is 44.3 Å². The maximum Gasteiger partial charge on any atom is 0.147 e. The lowest BCUT2D eigenvalue weighted by Gasteiger charge is -2.07. The van der Waals surface area contributed by atoms with E-state index in [0.29, 0.717) is 5.56 Å². The van der Waals surface area contributed by atoms with Crippen molar-refractivity contribution in [2.24, 2.45) is 0 Å². The fraction of sp³-hybridized carbons (Fsp3) is 0.222. The summed E-state index contributed by atoms with van der Waals surface area (Å²) in [5.41, 5.74) is 0.396. The normalized spacial score (nSPS) is 12.6. The Labute approximate surface area is 98.0 Å². The van der Waals surface area contributed by atoms with Gasteiger partial charge >= 0.3 is 0 Å². The van der Waals surface area contributed by atoms with Gasteiger partial charge in [-0.05, 0) is 41.6 Å². The van der Waals surface area contributed by atoms with Crippen molar-refractivity contribution in [3.8, 4) is 0 Å². The largest absolute Gasteiger partial charge is 0.298 e. The number of Topliss-reactive ketones (excluding diaryl/α,β-unsaturated/α-hetero) is 1. The van der Waals surface area contributed by atoms with Crippen molar-refractivity contribution < 1.29 is 9.18 Å². The Balaban J connectivity index is 3.08. The van der Waals surface area contributed by atoms with E-state index in [1.807, 2.05) is 22.6 Å². The molecule has 0 aliphatic heterocycles. The number of alkyl halides is 1. The van der Waals surface area contributed by atoms with Crippen LogP contribution in [-0.4, -0.2) is 5.78 Å². The molecule has 0 N–H and O–H groups in total. The zero-order valence-electron chi connectivity index (χ0n) is 6.85. The summed E-state index contributed by atoms with van der Waals surface area (Å²) in [4.78, 5) is 10.4. The predicted molar refractivity (Wildman–Crippen MR) is 61.5 cm³/mol. The molecule has 13 heavy (non-hydrogen) atoms. The van der Waals surface area contributed by atoms with Crippen LogP contribution in [0.5, 0.6) is 0 Å². The molecular weight excluding hydrogens is 350 g/mol. The maximum absolute atomic E-state index is 13.3. The number of carbonyl (C=O) groups excluding carboxylic acids is 1. The van der Waals surface area contributed by atoms with Crippen molar-refractivity contribution in [3.05, 3.63) is 33.1 Å². The minimum absolute atomic E-state index is 0.0971. The molecule has 1 rings (SSSR count). The van der Waals surface area contributed by atoms with E-state index >= 15 is 0 Å². The van der Waals surface area contributed by atoms with Crippen molar-refractivity contribution in [2.45, 2.75) is 11.8 Å². The molecule has 1 unspecified atom stereocenters. The lowest BCUT2D eigenvalue weighted by molar-refractivity contribution is -0.116. The highest BCUT2D eigenvalue weighted by atomic mass is 127. The van der Waals surface area contributed by atoms with Gasteiger partial charge in [0.15, 0.2) is 0 Å². The minimum Gasteiger partial charge on any atom is -0.298 e. The highest BCUT2D eigenvalue weighted by Gasteiger charge is 2.16. The molecule has 1 atom stereocenters. The Morgan fingerprint density at radius 2 is 2.23 bits per heavy atom. The predicted octanol–water partition coefficient (Wildman–Crippen LogP) is 3.46. The quantitative estimate of drug-likeness (QED) is 0.586. The molecule has 1 aromatic carbocycles. The van der Waals surface area contributed by atoms with Crippen LogP contribution in [0.15, 0.2) is 18.2 Å². The average molecular weight is 357 g/mol. The Morgan fingerprint density at radius 3 is 2.69 bits per heavy atom. The van der Waals surface area contributed by atoms with Crippen LogP contribution in [0.3, 0.4) is 0 Å². The molecular formula is C9H7BrFIO.